The standard InChI is InChI=1S/C6H8FN3.C2HF3O2/c7-6-4-9-2-1-5(6)3-10-8;3-2(4,5)1(6)7/h1-2,4,10H,3,8H2;(H,6,7). The van der Waals surface area contributed by atoms with E-state index < -0.39 is 12.1 Å². The fraction of sp³-hybridized carbons (Fsp3) is 0.250. The van der Waals surface area contributed by atoms with Crippen LogP contribution in [0, 0.1) is 5.82 Å². The molecule has 9 heteroatoms. The van der Waals surface area contributed by atoms with Crippen LogP contribution in [-0.2, 0) is 11.3 Å². The van der Waals surface area contributed by atoms with Gasteiger partial charge in [-0.15, -0.1) is 0 Å². The highest BCUT2D eigenvalue weighted by Gasteiger charge is 2.38. The maximum Gasteiger partial charge on any atom is 0.490 e. The van der Waals surface area contributed by atoms with Crippen LogP contribution in [0.2, 0.25) is 0 Å². The van der Waals surface area contributed by atoms with E-state index in [9.17, 15) is 17.6 Å². The molecule has 17 heavy (non-hydrogen) atoms. The molecule has 0 bridgehead atoms. The molecule has 0 fully saturated rings. The second kappa shape index (κ2) is 6.76. The van der Waals surface area contributed by atoms with Gasteiger partial charge < -0.3 is 5.11 Å². The SMILES string of the molecule is NNCc1ccncc1F.O=C(O)C(F)(F)F. The van der Waals surface area contributed by atoms with E-state index in [0.717, 1.165) is 6.20 Å². The van der Waals surface area contributed by atoms with Crippen LogP contribution in [0.1, 0.15) is 5.56 Å². The first kappa shape index (κ1) is 15.3. The Kier molecular flexibility index (Phi) is 6.07. The predicted octanol–water partition coefficient (Wildman–Crippen LogP) is 0.817. The molecule has 1 rings (SSSR count). The van der Waals surface area contributed by atoms with Gasteiger partial charge in [0.1, 0.15) is 5.82 Å². The number of carbonyl (C=O) groups is 1. The molecule has 0 atom stereocenters. The number of nitrogens with zero attached hydrogens (tertiary/aromatic N) is 1. The number of halogens is 4. The zero-order chi connectivity index (χ0) is 13.5. The van der Waals surface area contributed by atoms with Gasteiger partial charge in [0.05, 0.1) is 6.20 Å². The third-order valence-corrected chi connectivity index (χ3v) is 1.39. The monoisotopic (exact) mass is 255 g/mol. The van der Waals surface area contributed by atoms with Crippen LogP contribution < -0.4 is 11.3 Å². The molecule has 1 aromatic heterocycles. The molecule has 0 aliphatic carbocycles. The largest absolute Gasteiger partial charge is 0.490 e. The smallest absolute Gasteiger partial charge is 0.475 e. The van der Waals surface area contributed by atoms with Crippen molar-refractivity contribution in [2.45, 2.75) is 12.7 Å². The molecular formula is C8H9F4N3O2. The van der Waals surface area contributed by atoms with Gasteiger partial charge in [0.15, 0.2) is 0 Å². The van der Waals surface area contributed by atoms with Crippen molar-refractivity contribution >= 4 is 5.97 Å². The van der Waals surface area contributed by atoms with Crippen LogP contribution in [0.4, 0.5) is 17.6 Å². The maximum atomic E-state index is 12.6. The molecule has 1 heterocycles. The third kappa shape index (κ3) is 6.43. The number of pyridine rings is 1. The first-order valence-electron chi connectivity index (χ1n) is 4.11. The van der Waals surface area contributed by atoms with Gasteiger partial charge in [-0.25, -0.2) is 9.18 Å². The van der Waals surface area contributed by atoms with Crippen LogP contribution in [0.25, 0.3) is 0 Å². The summed E-state index contributed by atoms with van der Waals surface area (Å²) < 4.78 is 44.4. The summed E-state index contributed by atoms with van der Waals surface area (Å²) in [7, 11) is 0. The van der Waals surface area contributed by atoms with Gasteiger partial charge >= 0.3 is 12.1 Å². The summed E-state index contributed by atoms with van der Waals surface area (Å²) in [5, 5.41) is 7.12. The summed E-state index contributed by atoms with van der Waals surface area (Å²) in [5.41, 5.74) is 2.88. The van der Waals surface area contributed by atoms with Crippen LogP contribution in [-0.4, -0.2) is 22.2 Å². The van der Waals surface area contributed by atoms with Gasteiger partial charge in [-0.3, -0.25) is 16.3 Å². The van der Waals surface area contributed by atoms with Crippen molar-refractivity contribution in [1.29, 1.82) is 0 Å². The van der Waals surface area contributed by atoms with Crippen molar-refractivity contribution in [3.63, 3.8) is 0 Å². The van der Waals surface area contributed by atoms with Crippen molar-refractivity contribution in [2.75, 3.05) is 0 Å². The van der Waals surface area contributed by atoms with E-state index in [1.807, 2.05) is 0 Å². The Balaban J connectivity index is 0.000000325. The molecule has 0 saturated carbocycles. The summed E-state index contributed by atoms with van der Waals surface area (Å²) >= 11 is 0. The third-order valence-electron chi connectivity index (χ3n) is 1.39. The van der Waals surface area contributed by atoms with E-state index in [0.29, 0.717) is 12.1 Å². The first-order valence-corrected chi connectivity index (χ1v) is 4.11. The number of carboxylic acids is 1. The number of nitrogens with one attached hydrogen (secondary N) is 1. The van der Waals surface area contributed by atoms with E-state index in [2.05, 4.69) is 10.4 Å². The topological polar surface area (TPSA) is 88.2 Å². The highest BCUT2D eigenvalue weighted by molar-refractivity contribution is 5.73. The highest BCUT2D eigenvalue weighted by atomic mass is 19.4. The molecule has 0 unspecified atom stereocenters. The van der Waals surface area contributed by atoms with Crippen molar-refractivity contribution < 1.29 is 27.5 Å². The van der Waals surface area contributed by atoms with Crippen LogP contribution >= 0.6 is 0 Å². The lowest BCUT2D eigenvalue weighted by atomic mass is 10.2. The lowest BCUT2D eigenvalue weighted by molar-refractivity contribution is -0.192. The van der Waals surface area contributed by atoms with Gasteiger partial charge in [0.25, 0.3) is 0 Å². The van der Waals surface area contributed by atoms with Crippen molar-refractivity contribution in [1.82, 2.24) is 10.4 Å². The minimum Gasteiger partial charge on any atom is -0.475 e. The van der Waals surface area contributed by atoms with Gasteiger partial charge in [0.2, 0.25) is 0 Å². The molecule has 4 N–H and O–H groups in total. The Labute approximate surface area is 93.2 Å². The number of aromatic nitrogens is 1. The summed E-state index contributed by atoms with van der Waals surface area (Å²) in [6.07, 6.45) is -2.40. The van der Waals surface area contributed by atoms with Gasteiger partial charge in [-0.2, -0.15) is 13.2 Å². The van der Waals surface area contributed by atoms with Crippen LogP contribution in [0.3, 0.4) is 0 Å². The lowest BCUT2D eigenvalue weighted by Crippen LogP contribution is -2.21. The normalized spacial score (nSPS) is 10.4. The summed E-state index contributed by atoms with van der Waals surface area (Å²) in [6, 6.07) is 1.58. The summed E-state index contributed by atoms with van der Waals surface area (Å²) in [6.45, 7) is 0.328. The van der Waals surface area contributed by atoms with E-state index in [-0.39, 0.29) is 5.82 Å². The number of hydrogen-bond acceptors (Lipinski definition) is 4. The Morgan fingerprint density at radius 3 is 2.41 bits per heavy atom. The fourth-order valence-electron chi connectivity index (χ4n) is 0.657. The number of alkyl halides is 3. The van der Waals surface area contributed by atoms with Gasteiger partial charge in [-0.1, -0.05) is 0 Å². The molecule has 0 aromatic carbocycles. The average Bonchev–Trinajstić information content (AvgIpc) is 2.21. The predicted molar refractivity (Wildman–Crippen MR) is 48.9 cm³/mol. The number of hydrogen-bond donors (Lipinski definition) is 3. The quantitative estimate of drug-likeness (QED) is 0.413. The molecule has 0 amide bonds. The van der Waals surface area contributed by atoms with E-state index >= 15 is 0 Å². The van der Waals surface area contributed by atoms with Crippen molar-refractivity contribution in [2.24, 2.45) is 5.84 Å². The second-order valence-corrected chi connectivity index (χ2v) is 2.65. The van der Waals surface area contributed by atoms with E-state index in [1.54, 1.807) is 6.07 Å². The van der Waals surface area contributed by atoms with Crippen molar-refractivity contribution in [3.05, 3.63) is 29.8 Å². The van der Waals surface area contributed by atoms with E-state index in [1.165, 1.54) is 6.20 Å². The number of hydrazine groups is 1. The van der Waals surface area contributed by atoms with Crippen molar-refractivity contribution in [3.8, 4) is 0 Å². The zero-order valence-electron chi connectivity index (χ0n) is 8.33. The maximum absolute atomic E-state index is 12.6. The minimum absolute atomic E-state index is 0.328. The molecule has 1 aromatic rings. The summed E-state index contributed by atoms with van der Waals surface area (Å²) in [4.78, 5) is 12.5. The Morgan fingerprint density at radius 1 is 1.53 bits per heavy atom. The number of aliphatic carboxylic acids is 1. The van der Waals surface area contributed by atoms with Crippen LogP contribution in [0.5, 0.6) is 0 Å². The van der Waals surface area contributed by atoms with E-state index in [4.69, 9.17) is 15.7 Å². The molecule has 96 valence electrons. The summed E-state index contributed by atoms with van der Waals surface area (Å²) in [5.74, 6) is 1.90. The number of carboxylic acid groups (broad SMARTS) is 1. The lowest BCUT2D eigenvalue weighted by Gasteiger charge is -1.98. The molecule has 0 aliphatic heterocycles. The van der Waals surface area contributed by atoms with Gasteiger partial charge in [0, 0.05) is 18.3 Å². The average molecular weight is 255 g/mol. The second-order valence-electron chi connectivity index (χ2n) is 2.65. The zero-order valence-corrected chi connectivity index (χ0v) is 8.33. The molecule has 0 aliphatic rings. The fourth-order valence-corrected chi connectivity index (χ4v) is 0.657. The number of rotatable bonds is 2. The Bertz CT molecular complexity index is 370. The molecule has 0 radical (unpaired) electrons. The van der Waals surface area contributed by atoms with Crippen LogP contribution in [0.15, 0.2) is 18.5 Å². The van der Waals surface area contributed by atoms with Gasteiger partial charge in [-0.05, 0) is 6.07 Å². The molecular weight excluding hydrogens is 246 g/mol. The molecule has 0 spiro atoms. The molecule has 0 saturated heterocycles. The molecule has 5 nitrogen and oxygen atoms in total. The first-order chi connectivity index (χ1) is 7.79. The minimum atomic E-state index is -5.08. The highest BCUT2D eigenvalue weighted by Crippen LogP contribution is 2.13. The Hall–Kier alpha value is -1.74. The number of nitrogens with two attached hydrogens (primary N) is 1. The Morgan fingerprint density at radius 2 is 2.06 bits per heavy atom.